The highest BCUT2D eigenvalue weighted by Gasteiger charge is 2.26. The predicted molar refractivity (Wildman–Crippen MR) is 93.6 cm³/mol. The van der Waals surface area contributed by atoms with Crippen LogP contribution in [-0.4, -0.2) is 43.6 Å². The van der Waals surface area contributed by atoms with Crippen LogP contribution >= 0.6 is 8.53 Å². The van der Waals surface area contributed by atoms with Gasteiger partial charge in [0, 0.05) is 12.1 Å². The largest absolute Gasteiger partial charge is 0.322 e. The second-order valence-electron chi connectivity index (χ2n) is 5.90. The van der Waals surface area contributed by atoms with Crippen LogP contribution in [0.25, 0.3) is 0 Å². The Balaban J connectivity index is 4.20. The molecule has 0 spiro atoms. The van der Waals surface area contributed by atoms with Crippen LogP contribution in [0.2, 0.25) is 0 Å². The van der Waals surface area contributed by atoms with Crippen molar-refractivity contribution in [1.82, 2.24) is 9.99 Å². The molecular formula is C16H34N3O2P. The fourth-order valence-electron chi connectivity index (χ4n) is 2.21. The van der Waals surface area contributed by atoms with Crippen LogP contribution in [0.3, 0.4) is 0 Å². The van der Waals surface area contributed by atoms with E-state index in [9.17, 15) is 0 Å². The minimum absolute atomic E-state index is 0.365. The maximum Gasteiger partial charge on any atom is 0.259 e. The lowest BCUT2D eigenvalue weighted by Crippen LogP contribution is -2.33. The van der Waals surface area contributed by atoms with Crippen molar-refractivity contribution in [2.45, 2.75) is 71.9 Å². The van der Waals surface area contributed by atoms with E-state index < -0.39 is 8.53 Å². The molecule has 0 heterocycles. The molecule has 5 nitrogen and oxygen atoms in total. The van der Waals surface area contributed by atoms with E-state index in [1.807, 2.05) is 7.05 Å². The number of nitriles is 1. The molecule has 0 aliphatic carbocycles. The number of hydrogen-bond donors (Lipinski definition) is 1. The molecule has 0 aromatic heterocycles. The van der Waals surface area contributed by atoms with Crippen LogP contribution in [0.15, 0.2) is 0 Å². The van der Waals surface area contributed by atoms with E-state index in [1.54, 1.807) is 0 Å². The highest BCUT2D eigenvalue weighted by Crippen LogP contribution is 2.46. The summed E-state index contributed by atoms with van der Waals surface area (Å²) in [7, 11) is 0.915. The quantitative estimate of drug-likeness (QED) is 0.384. The van der Waals surface area contributed by atoms with E-state index in [0.29, 0.717) is 25.1 Å². The Labute approximate surface area is 138 Å². The minimum Gasteiger partial charge on any atom is -0.322 e. The van der Waals surface area contributed by atoms with Gasteiger partial charge >= 0.3 is 0 Å². The summed E-state index contributed by atoms with van der Waals surface area (Å²) in [6.07, 6.45) is 5.11. The molecule has 1 unspecified atom stereocenters. The Kier molecular flexibility index (Phi) is 14.2. The van der Waals surface area contributed by atoms with Crippen molar-refractivity contribution in [3.8, 4) is 6.07 Å². The van der Waals surface area contributed by atoms with Gasteiger partial charge in [0.1, 0.15) is 0 Å². The van der Waals surface area contributed by atoms with Gasteiger partial charge in [0.05, 0.1) is 25.7 Å². The van der Waals surface area contributed by atoms with Crippen LogP contribution in [-0.2, 0) is 9.05 Å². The van der Waals surface area contributed by atoms with Gasteiger partial charge in [0.15, 0.2) is 0 Å². The zero-order chi connectivity index (χ0) is 16.8. The maximum atomic E-state index is 8.67. The normalized spacial score (nSPS) is 13.0. The third-order valence-corrected chi connectivity index (χ3v) is 5.29. The molecule has 0 aliphatic rings. The average molecular weight is 331 g/mol. The molecule has 22 heavy (non-hydrogen) atoms. The number of unbranched alkanes of at least 4 members (excludes halogenated alkanes) is 3. The molecular weight excluding hydrogens is 297 g/mol. The van der Waals surface area contributed by atoms with Crippen molar-refractivity contribution in [1.29, 1.82) is 5.26 Å². The monoisotopic (exact) mass is 331 g/mol. The van der Waals surface area contributed by atoms with Gasteiger partial charge in [-0.2, -0.15) is 5.26 Å². The molecule has 130 valence electrons. The van der Waals surface area contributed by atoms with Crippen molar-refractivity contribution in [2.75, 3.05) is 26.8 Å². The second kappa shape index (κ2) is 14.4. The second-order valence-corrected chi connectivity index (χ2v) is 7.35. The highest BCUT2D eigenvalue weighted by atomic mass is 31.2. The van der Waals surface area contributed by atoms with Gasteiger partial charge in [0.2, 0.25) is 0 Å². The Bertz CT molecular complexity index is 288. The van der Waals surface area contributed by atoms with Gasteiger partial charge in [-0.25, -0.2) is 4.67 Å². The molecule has 0 aromatic rings. The topological polar surface area (TPSA) is 57.5 Å². The summed E-state index contributed by atoms with van der Waals surface area (Å²) in [5.74, 6) is 0. The minimum atomic E-state index is -1.07. The lowest BCUT2D eigenvalue weighted by molar-refractivity contribution is 0.174. The van der Waals surface area contributed by atoms with Gasteiger partial charge in [-0.15, -0.1) is 0 Å². The van der Waals surface area contributed by atoms with Gasteiger partial charge < -0.3 is 14.4 Å². The Morgan fingerprint density at radius 2 is 1.59 bits per heavy atom. The summed E-state index contributed by atoms with van der Waals surface area (Å²) in [6.45, 7) is 10.9. The molecule has 6 heteroatoms. The number of rotatable bonds is 14. The lowest BCUT2D eigenvalue weighted by atomic mass is 10.2. The van der Waals surface area contributed by atoms with Crippen LogP contribution in [0, 0.1) is 11.3 Å². The molecule has 0 radical (unpaired) electrons. The Hall–Kier alpha value is -0.240. The van der Waals surface area contributed by atoms with E-state index in [1.165, 1.54) is 19.3 Å². The summed E-state index contributed by atoms with van der Waals surface area (Å²) >= 11 is 0. The SMILES string of the molecule is CNCCCCCCOP(OCCC#N)N(C(C)C)C(C)C. The molecule has 0 amide bonds. The summed E-state index contributed by atoms with van der Waals surface area (Å²) in [5, 5.41) is 11.8. The first-order valence-corrected chi connectivity index (χ1v) is 9.53. The first kappa shape index (κ1) is 21.8. The molecule has 0 fully saturated rings. The zero-order valence-electron chi connectivity index (χ0n) is 15.0. The van der Waals surface area contributed by atoms with Gasteiger partial charge in [0.25, 0.3) is 8.53 Å². The Morgan fingerprint density at radius 3 is 2.14 bits per heavy atom. The smallest absolute Gasteiger partial charge is 0.259 e. The molecule has 0 bridgehead atoms. The van der Waals surface area contributed by atoms with E-state index in [0.717, 1.165) is 19.6 Å². The molecule has 0 rings (SSSR count). The number of nitrogens with one attached hydrogen (secondary N) is 1. The molecule has 0 aliphatic heterocycles. The molecule has 1 atom stereocenters. The summed E-state index contributed by atoms with van der Waals surface area (Å²) < 4.78 is 14.1. The van der Waals surface area contributed by atoms with Crippen molar-refractivity contribution in [2.24, 2.45) is 0 Å². The maximum absolute atomic E-state index is 8.67. The van der Waals surface area contributed by atoms with Crippen molar-refractivity contribution in [3.63, 3.8) is 0 Å². The van der Waals surface area contributed by atoms with E-state index in [4.69, 9.17) is 14.3 Å². The molecule has 1 N–H and O–H groups in total. The number of hydrogen-bond acceptors (Lipinski definition) is 5. The highest BCUT2D eigenvalue weighted by molar-refractivity contribution is 7.44. The van der Waals surface area contributed by atoms with Crippen LogP contribution in [0.5, 0.6) is 0 Å². The third-order valence-electron chi connectivity index (χ3n) is 3.19. The van der Waals surface area contributed by atoms with Gasteiger partial charge in [-0.05, 0) is 54.1 Å². The van der Waals surface area contributed by atoms with E-state index >= 15 is 0 Å². The van der Waals surface area contributed by atoms with Crippen molar-refractivity contribution in [3.05, 3.63) is 0 Å². The fourth-order valence-corrected chi connectivity index (χ4v) is 3.84. The third kappa shape index (κ3) is 10.5. The Morgan fingerprint density at radius 1 is 1.00 bits per heavy atom. The van der Waals surface area contributed by atoms with Crippen LogP contribution in [0.4, 0.5) is 0 Å². The predicted octanol–water partition coefficient (Wildman–Crippen LogP) is 4.06. The first-order valence-electron chi connectivity index (χ1n) is 8.40. The molecule has 0 aromatic carbocycles. The average Bonchev–Trinajstić information content (AvgIpc) is 2.45. The number of nitrogens with zero attached hydrogens (tertiary/aromatic N) is 2. The van der Waals surface area contributed by atoms with E-state index in [-0.39, 0.29) is 0 Å². The van der Waals surface area contributed by atoms with Crippen molar-refractivity contribution < 1.29 is 9.05 Å². The lowest BCUT2D eigenvalue weighted by Gasteiger charge is -2.35. The first-order chi connectivity index (χ1) is 10.5. The summed E-state index contributed by atoms with van der Waals surface area (Å²) in [6, 6.07) is 2.85. The van der Waals surface area contributed by atoms with Crippen molar-refractivity contribution >= 4 is 8.53 Å². The van der Waals surface area contributed by atoms with Crippen LogP contribution in [0.1, 0.15) is 59.8 Å². The van der Waals surface area contributed by atoms with Gasteiger partial charge in [-0.1, -0.05) is 12.8 Å². The molecule has 0 saturated heterocycles. The zero-order valence-corrected chi connectivity index (χ0v) is 15.9. The molecule has 0 saturated carbocycles. The van der Waals surface area contributed by atoms with Crippen LogP contribution < -0.4 is 5.32 Å². The summed E-state index contributed by atoms with van der Waals surface area (Å²) in [4.78, 5) is 0. The van der Waals surface area contributed by atoms with Gasteiger partial charge in [-0.3, -0.25) is 0 Å². The fraction of sp³-hybridized carbons (Fsp3) is 0.938. The standard InChI is InChI=1S/C16H34N3O2P/c1-15(2)19(16(3)4)22(21-14-10-11-17)20-13-9-7-6-8-12-18-5/h15-16,18H,6-10,12-14H2,1-5H3. The summed E-state index contributed by atoms with van der Waals surface area (Å²) in [5.41, 5.74) is 0. The van der Waals surface area contributed by atoms with E-state index in [2.05, 4.69) is 43.8 Å².